The van der Waals surface area contributed by atoms with Gasteiger partial charge in [0.2, 0.25) is 5.95 Å². The summed E-state index contributed by atoms with van der Waals surface area (Å²) in [6.07, 6.45) is 10.3. The highest BCUT2D eigenvalue weighted by molar-refractivity contribution is 5.58. The fourth-order valence-corrected chi connectivity index (χ4v) is 2.59. The van der Waals surface area contributed by atoms with E-state index in [9.17, 15) is 0 Å². The lowest BCUT2D eigenvalue weighted by Crippen LogP contribution is -2.08. The van der Waals surface area contributed by atoms with E-state index in [4.69, 9.17) is 0 Å². The van der Waals surface area contributed by atoms with Gasteiger partial charge in [-0.2, -0.15) is 5.10 Å². The van der Waals surface area contributed by atoms with E-state index in [1.165, 1.54) is 25.7 Å². The van der Waals surface area contributed by atoms with Crippen LogP contribution < -0.4 is 5.32 Å². The van der Waals surface area contributed by atoms with Gasteiger partial charge in [-0.1, -0.05) is 42.0 Å². The molecule has 1 aromatic heterocycles. The minimum Gasteiger partial charge on any atom is -0.353 e. The number of anilines is 1. The summed E-state index contributed by atoms with van der Waals surface area (Å²) in [6, 6.07) is 10.1. The third kappa shape index (κ3) is 3.88. The molecule has 1 N–H and O–H groups in total. The van der Waals surface area contributed by atoms with E-state index in [1.54, 1.807) is 11.8 Å². The lowest BCUT2D eigenvalue weighted by atomic mass is 9.97. The lowest BCUT2D eigenvalue weighted by molar-refractivity contribution is 0.679. The molecule has 0 atom stereocenters. The zero-order chi connectivity index (χ0) is 14.3. The molecule has 0 amide bonds. The maximum atomic E-state index is 4.52. The van der Waals surface area contributed by atoms with Crippen LogP contribution in [0.25, 0.3) is 11.3 Å². The van der Waals surface area contributed by atoms with E-state index in [0.717, 1.165) is 24.2 Å². The smallest absolute Gasteiger partial charge is 0.243 e. The first-order valence-corrected chi connectivity index (χ1v) is 7.59. The quantitative estimate of drug-likeness (QED) is 0.845. The highest BCUT2D eigenvalue weighted by Gasteiger charge is 2.05. The van der Waals surface area contributed by atoms with Crippen molar-refractivity contribution in [3.63, 3.8) is 0 Å². The Labute approximate surface area is 125 Å². The van der Waals surface area contributed by atoms with Crippen molar-refractivity contribution in [1.29, 1.82) is 0 Å². The maximum absolute atomic E-state index is 4.52. The summed E-state index contributed by atoms with van der Waals surface area (Å²) in [5.74, 6) is 0.604. The van der Waals surface area contributed by atoms with E-state index >= 15 is 0 Å². The van der Waals surface area contributed by atoms with Crippen molar-refractivity contribution in [3.8, 4) is 11.3 Å². The summed E-state index contributed by atoms with van der Waals surface area (Å²) in [4.78, 5) is 4.52. The molecule has 108 valence electrons. The number of nitrogens with one attached hydrogen (secondary N) is 1. The van der Waals surface area contributed by atoms with Gasteiger partial charge in [-0.25, -0.2) is 4.98 Å². The van der Waals surface area contributed by atoms with Crippen LogP contribution in [0.5, 0.6) is 0 Å². The normalized spacial score (nSPS) is 14.6. The molecule has 2 aromatic rings. The van der Waals surface area contributed by atoms with Crippen LogP contribution >= 0.6 is 0 Å². The standard InChI is InChI=1S/C17H20N4/c1-3-7-14(8-4-1)11-12-18-17-20-16(13-19-21-17)15-9-5-2-6-10-15/h2,5-7,9-10,13H,1,3-4,8,11-12H2,(H,18,20,21). The van der Waals surface area contributed by atoms with Crippen molar-refractivity contribution in [2.75, 3.05) is 11.9 Å². The van der Waals surface area contributed by atoms with Gasteiger partial charge in [-0.15, -0.1) is 5.10 Å². The molecule has 4 nitrogen and oxygen atoms in total. The van der Waals surface area contributed by atoms with Crippen LogP contribution in [0.3, 0.4) is 0 Å². The fraction of sp³-hybridized carbons (Fsp3) is 0.353. The highest BCUT2D eigenvalue weighted by Crippen LogP contribution is 2.20. The van der Waals surface area contributed by atoms with E-state index in [1.807, 2.05) is 30.3 Å². The minimum atomic E-state index is 0.604. The molecule has 1 aliphatic rings. The summed E-state index contributed by atoms with van der Waals surface area (Å²) >= 11 is 0. The predicted molar refractivity (Wildman–Crippen MR) is 84.9 cm³/mol. The Bertz CT molecular complexity index is 607. The Morgan fingerprint density at radius 3 is 2.81 bits per heavy atom. The van der Waals surface area contributed by atoms with Crippen LogP contribution in [0.4, 0.5) is 5.95 Å². The number of rotatable bonds is 5. The zero-order valence-corrected chi connectivity index (χ0v) is 12.1. The second-order valence-corrected chi connectivity index (χ2v) is 5.32. The molecule has 1 aliphatic carbocycles. The molecule has 0 radical (unpaired) electrons. The van der Waals surface area contributed by atoms with Crippen LogP contribution in [-0.4, -0.2) is 21.7 Å². The SMILES string of the molecule is C1=C(CCNc2nncc(-c3ccccc3)n2)CCCC1. The summed E-state index contributed by atoms with van der Waals surface area (Å²) in [5, 5.41) is 11.4. The minimum absolute atomic E-state index is 0.604. The first kappa shape index (κ1) is 13.7. The van der Waals surface area contributed by atoms with Crippen molar-refractivity contribution in [1.82, 2.24) is 15.2 Å². The van der Waals surface area contributed by atoms with Gasteiger partial charge in [-0.3, -0.25) is 0 Å². The Morgan fingerprint density at radius 1 is 1.10 bits per heavy atom. The average Bonchev–Trinajstić information content (AvgIpc) is 2.57. The van der Waals surface area contributed by atoms with E-state index in [0.29, 0.717) is 5.95 Å². The van der Waals surface area contributed by atoms with Crippen molar-refractivity contribution in [2.24, 2.45) is 0 Å². The van der Waals surface area contributed by atoms with Gasteiger partial charge in [0.1, 0.15) is 0 Å². The third-order valence-corrected chi connectivity index (χ3v) is 3.74. The molecule has 0 bridgehead atoms. The molecule has 0 saturated heterocycles. The molecule has 0 aliphatic heterocycles. The summed E-state index contributed by atoms with van der Waals surface area (Å²) < 4.78 is 0. The third-order valence-electron chi connectivity index (χ3n) is 3.74. The van der Waals surface area contributed by atoms with Gasteiger partial charge >= 0.3 is 0 Å². The monoisotopic (exact) mass is 280 g/mol. The van der Waals surface area contributed by atoms with E-state index in [-0.39, 0.29) is 0 Å². The average molecular weight is 280 g/mol. The molecule has 1 aromatic carbocycles. The summed E-state index contributed by atoms with van der Waals surface area (Å²) in [7, 11) is 0. The Morgan fingerprint density at radius 2 is 2.00 bits per heavy atom. The molecule has 21 heavy (non-hydrogen) atoms. The number of hydrogen-bond donors (Lipinski definition) is 1. The van der Waals surface area contributed by atoms with Gasteiger partial charge in [0.15, 0.2) is 0 Å². The van der Waals surface area contributed by atoms with Crippen molar-refractivity contribution in [3.05, 3.63) is 48.2 Å². The second-order valence-electron chi connectivity index (χ2n) is 5.32. The largest absolute Gasteiger partial charge is 0.353 e. The Kier molecular flexibility index (Phi) is 4.56. The fourth-order valence-electron chi connectivity index (χ4n) is 2.59. The molecule has 0 fully saturated rings. The van der Waals surface area contributed by atoms with Crippen LogP contribution in [0.15, 0.2) is 48.2 Å². The number of benzene rings is 1. The topological polar surface area (TPSA) is 50.7 Å². The van der Waals surface area contributed by atoms with Crippen LogP contribution in [-0.2, 0) is 0 Å². The van der Waals surface area contributed by atoms with Crippen molar-refractivity contribution >= 4 is 5.95 Å². The number of nitrogens with zero attached hydrogens (tertiary/aromatic N) is 3. The first-order valence-electron chi connectivity index (χ1n) is 7.59. The number of allylic oxidation sites excluding steroid dienone is 1. The Hall–Kier alpha value is -2.23. The van der Waals surface area contributed by atoms with Crippen LogP contribution in [0.1, 0.15) is 32.1 Å². The van der Waals surface area contributed by atoms with Crippen LogP contribution in [0.2, 0.25) is 0 Å². The number of aromatic nitrogens is 3. The molecular weight excluding hydrogens is 260 g/mol. The molecular formula is C17H20N4. The predicted octanol–water partition coefficient (Wildman–Crippen LogP) is 3.84. The summed E-state index contributed by atoms with van der Waals surface area (Å²) in [6.45, 7) is 0.867. The van der Waals surface area contributed by atoms with Crippen molar-refractivity contribution < 1.29 is 0 Å². The lowest BCUT2D eigenvalue weighted by Gasteiger charge is -2.12. The molecule has 0 spiro atoms. The molecule has 4 heteroatoms. The Balaban J connectivity index is 1.60. The highest BCUT2D eigenvalue weighted by atomic mass is 15.2. The van der Waals surface area contributed by atoms with Gasteiger partial charge in [0, 0.05) is 12.1 Å². The van der Waals surface area contributed by atoms with Crippen molar-refractivity contribution in [2.45, 2.75) is 32.1 Å². The van der Waals surface area contributed by atoms with Gasteiger partial charge < -0.3 is 5.32 Å². The van der Waals surface area contributed by atoms with E-state index in [2.05, 4.69) is 26.6 Å². The second kappa shape index (κ2) is 6.97. The molecule has 1 heterocycles. The maximum Gasteiger partial charge on any atom is 0.243 e. The van der Waals surface area contributed by atoms with E-state index < -0.39 is 0 Å². The van der Waals surface area contributed by atoms with Crippen LogP contribution in [0, 0.1) is 0 Å². The molecule has 0 saturated carbocycles. The number of hydrogen-bond acceptors (Lipinski definition) is 4. The van der Waals surface area contributed by atoms with Gasteiger partial charge in [0.05, 0.1) is 11.9 Å². The molecule has 0 unspecified atom stereocenters. The molecule has 3 rings (SSSR count). The zero-order valence-electron chi connectivity index (χ0n) is 12.1. The first-order chi connectivity index (χ1) is 10.4. The summed E-state index contributed by atoms with van der Waals surface area (Å²) in [5.41, 5.74) is 3.47. The van der Waals surface area contributed by atoms with Gasteiger partial charge in [-0.05, 0) is 32.1 Å². The van der Waals surface area contributed by atoms with Gasteiger partial charge in [0.25, 0.3) is 0 Å².